The minimum absolute atomic E-state index is 0.0293. The van der Waals surface area contributed by atoms with Gasteiger partial charge < -0.3 is 19.3 Å². The second-order valence-corrected chi connectivity index (χ2v) is 4.58. The van der Waals surface area contributed by atoms with Crippen molar-refractivity contribution in [1.82, 2.24) is 0 Å². The van der Waals surface area contributed by atoms with Gasteiger partial charge in [0.2, 0.25) is 0 Å². The molecule has 0 fully saturated rings. The minimum Gasteiger partial charge on any atom is -0.490 e. The Morgan fingerprint density at radius 2 is 2.00 bits per heavy atom. The number of ether oxygens (including phenoxy) is 3. The molecule has 1 aromatic rings. The summed E-state index contributed by atoms with van der Waals surface area (Å²) in [5.74, 6) is 0.757. The van der Waals surface area contributed by atoms with Gasteiger partial charge >= 0.3 is 0 Å². The molecule has 4 nitrogen and oxygen atoms in total. The maximum Gasteiger partial charge on any atom is 0.133 e. The molecular weight excluding hydrogens is 300 g/mol. The molecule has 1 rings (SSSR count). The first-order valence-corrected chi connectivity index (χ1v) is 6.66. The Morgan fingerprint density at radius 3 is 2.67 bits per heavy atom. The van der Waals surface area contributed by atoms with E-state index in [-0.39, 0.29) is 6.61 Å². The van der Waals surface area contributed by atoms with E-state index in [1.165, 1.54) is 0 Å². The van der Waals surface area contributed by atoms with E-state index in [0.717, 1.165) is 28.8 Å². The monoisotopic (exact) mass is 318 g/mol. The maximum absolute atomic E-state index is 8.98. The number of halogens is 1. The normalized spacial score (nSPS) is 10.6. The van der Waals surface area contributed by atoms with E-state index < -0.39 is 0 Å². The van der Waals surface area contributed by atoms with E-state index in [0.29, 0.717) is 19.8 Å². The third-order valence-electron chi connectivity index (χ3n) is 2.30. The molecule has 0 atom stereocenters. The minimum atomic E-state index is 0.0293. The van der Waals surface area contributed by atoms with Crippen molar-refractivity contribution in [1.29, 1.82) is 0 Å². The van der Waals surface area contributed by atoms with Gasteiger partial charge in [0.15, 0.2) is 0 Å². The SMILES string of the molecule is COCCCOCCOc1ccc(CO)cc1Br. The zero-order chi connectivity index (χ0) is 13.2. The van der Waals surface area contributed by atoms with E-state index in [2.05, 4.69) is 15.9 Å². The first kappa shape index (κ1) is 15.4. The number of rotatable bonds is 9. The predicted octanol–water partition coefficient (Wildman–Crippen LogP) is 2.37. The highest BCUT2D eigenvalue weighted by atomic mass is 79.9. The van der Waals surface area contributed by atoms with E-state index in [4.69, 9.17) is 19.3 Å². The van der Waals surface area contributed by atoms with Crippen LogP contribution in [0.25, 0.3) is 0 Å². The van der Waals surface area contributed by atoms with Gasteiger partial charge in [-0.15, -0.1) is 0 Å². The highest BCUT2D eigenvalue weighted by Gasteiger charge is 2.02. The molecule has 0 spiro atoms. The van der Waals surface area contributed by atoms with E-state index in [9.17, 15) is 0 Å². The molecule has 0 amide bonds. The van der Waals surface area contributed by atoms with Crippen LogP contribution in [-0.2, 0) is 16.1 Å². The highest BCUT2D eigenvalue weighted by Crippen LogP contribution is 2.25. The van der Waals surface area contributed by atoms with Crippen molar-refractivity contribution in [3.8, 4) is 5.75 Å². The van der Waals surface area contributed by atoms with Gasteiger partial charge in [0, 0.05) is 20.3 Å². The summed E-state index contributed by atoms with van der Waals surface area (Å²) >= 11 is 3.40. The quantitative estimate of drug-likeness (QED) is 0.710. The van der Waals surface area contributed by atoms with Crippen LogP contribution in [0.2, 0.25) is 0 Å². The molecule has 102 valence electrons. The number of benzene rings is 1. The molecule has 0 radical (unpaired) electrons. The van der Waals surface area contributed by atoms with E-state index in [1.54, 1.807) is 7.11 Å². The summed E-state index contributed by atoms with van der Waals surface area (Å²) < 4.78 is 16.7. The summed E-state index contributed by atoms with van der Waals surface area (Å²) in [7, 11) is 1.68. The highest BCUT2D eigenvalue weighted by molar-refractivity contribution is 9.10. The van der Waals surface area contributed by atoms with Crippen LogP contribution in [0.1, 0.15) is 12.0 Å². The summed E-state index contributed by atoms with van der Waals surface area (Å²) in [6.45, 7) is 2.49. The van der Waals surface area contributed by atoms with Crippen LogP contribution in [0.3, 0.4) is 0 Å². The fourth-order valence-corrected chi connectivity index (χ4v) is 1.92. The second kappa shape index (κ2) is 9.33. The fraction of sp³-hybridized carbons (Fsp3) is 0.538. The number of hydrogen-bond donors (Lipinski definition) is 1. The summed E-state index contributed by atoms with van der Waals surface area (Å²) in [6, 6.07) is 5.51. The van der Waals surface area contributed by atoms with Crippen molar-refractivity contribution in [3.05, 3.63) is 28.2 Å². The van der Waals surface area contributed by atoms with Gasteiger partial charge in [0.25, 0.3) is 0 Å². The van der Waals surface area contributed by atoms with Crippen LogP contribution < -0.4 is 4.74 Å². The Hall–Kier alpha value is -0.620. The van der Waals surface area contributed by atoms with Crippen molar-refractivity contribution in [2.24, 2.45) is 0 Å². The van der Waals surface area contributed by atoms with Crippen LogP contribution in [-0.4, -0.2) is 38.6 Å². The molecule has 1 N–H and O–H groups in total. The van der Waals surface area contributed by atoms with Crippen LogP contribution in [0, 0.1) is 0 Å². The summed E-state index contributed by atoms with van der Waals surface area (Å²) in [4.78, 5) is 0. The molecule has 0 bridgehead atoms. The van der Waals surface area contributed by atoms with E-state index in [1.807, 2.05) is 18.2 Å². The first-order valence-electron chi connectivity index (χ1n) is 5.86. The second-order valence-electron chi connectivity index (χ2n) is 3.73. The molecule has 5 heteroatoms. The summed E-state index contributed by atoms with van der Waals surface area (Å²) in [5, 5.41) is 8.98. The lowest BCUT2D eigenvalue weighted by Crippen LogP contribution is -2.08. The fourth-order valence-electron chi connectivity index (χ4n) is 1.38. The smallest absolute Gasteiger partial charge is 0.133 e. The molecular formula is C13H19BrO4. The average Bonchev–Trinajstić information content (AvgIpc) is 2.39. The number of aliphatic hydroxyl groups is 1. The molecule has 18 heavy (non-hydrogen) atoms. The lowest BCUT2D eigenvalue weighted by molar-refractivity contribution is 0.0804. The van der Waals surface area contributed by atoms with Crippen molar-refractivity contribution >= 4 is 15.9 Å². The van der Waals surface area contributed by atoms with Gasteiger partial charge in [0.05, 0.1) is 17.7 Å². The third-order valence-corrected chi connectivity index (χ3v) is 2.92. The van der Waals surface area contributed by atoms with Crippen molar-refractivity contribution in [2.75, 3.05) is 33.5 Å². The Bertz CT molecular complexity index is 344. The van der Waals surface area contributed by atoms with Crippen molar-refractivity contribution in [3.63, 3.8) is 0 Å². The number of hydrogen-bond acceptors (Lipinski definition) is 4. The third kappa shape index (κ3) is 5.82. The van der Waals surface area contributed by atoms with Gasteiger partial charge in [-0.3, -0.25) is 0 Å². The number of methoxy groups -OCH3 is 1. The largest absolute Gasteiger partial charge is 0.490 e. The molecule has 0 unspecified atom stereocenters. The van der Waals surface area contributed by atoms with E-state index >= 15 is 0 Å². The summed E-state index contributed by atoms with van der Waals surface area (Å²) in [5.41, 5.74) is 0.852. The molecule has 0 aliphatic heterocycles. The van der Waals surface area contributed by atoms with Crippen molar-refractivity contribution in [2.45, 2.75) is 13.0 Å². The lowest BCUT2D eigenvalue weighted by Gasteiger charge is -2.09. The van der Waals surface area contributed by atoms with Crippen LogP contribution in [0.15, 0.2) is 22.7 Å². The molecule has 0 saturated heterocycles. The van der Waals surface area contributed by atoms with Gasteiger partial charge in [-0.2, -0.15) is 0 Å². The summed E-state index contributed by atoms with van der Waals surface area (Å²) in [6.07, 6.45) is 0.894. The maximum atomic E-state index is 8.98. The number of aliphatic hydroxyl groups excluding tert-OH is 1. The zero-order valence-electron chi connectivity index (χ0n) is 10.5. The lowest BCUT2D eigenvalue weighted by atomic mass is 10.2. The molecule has 1 aromatic carbocycles. The standard InChI is InChI=1S/C13H19BrO4/c1-16-5-2-6-17-7-8-18-13-4-3-11(10-15)9-12(13)14/h3-4,9,15H,2,5-8,10H2,1H3. The van der Waals surface area contributed by atoms with Gasteiger partial charge in [-0.25, -0.2) is 0 Å². The molecule has 0 heterocycles. The Labute approximate surface area is 116 Å². The van der Waals surface area contributed by atoms with Gasteiger partial charge in [-0.05, 0) is 40.0 Å². The van der Waals surface area contributed by atoms with Crippen LogP contribution >= 0.6 is 15.9 Å². The Morgan fingerprint density at radius 1 is 1.17 bits per heavy atom. The Kier molecular flexibility index (Phi) is 8.00. The van der Waals surface area contributed by atoms with Crippen LogP contribution in [0.5, 0.6) is 5.75 Å². The average molecular weight is 319 g/mol. The molecule has 0 aliphatic rings. The topological polar surface area (TPSA) is 47.9 Å². The Balaban J connectivity index is 2.19. The van der Waals surface area contributed by atoms with Crippen LogP contribution in [0.4, 0.5) is 0 Å². The molecule has 0 aromatic heterocycles. The van der Waals surface area contributed by atoms with Gasteiger partial charge in [0.1, 0.15) is 12.4 Å². The molecule has 0 saturated carbocycles. The van der Waals surface area contributed by atoms with Gasteiger partial charge in [-0.1, -0.05) is 6.07 Å². The molecule has 0 aliphatic carbocycles. The first-order chi connectivity index (χ1) is 8.77. The zero-order valence-corrected chi connectivity index (χ0v) is 12.1. The van der Waals surface area contributed by atoms with Crippen molar-refractivity contribution < 1.29 is 19.3 Å². The predicted molar refractivity (Wildman–Crippen MR) is 72.9 cm³/mol.